The van der Waals surface area contributed by atoms with Gasteiger partial charge in [-0.2, -0.15) is 0 Å². The number of phenolic OH excluding ortho intramolecular Hbond substituents is 1. The van der Waals surface area contributed by atoms with E-state index in [9.17, 15) is 5.11 Å². The molecule has 1 aromatic carbocycles. The van der Waals surface area contributed by atoms with E-state index in [1.165, 1.54) is 0 Å². The van der Waals surface area contributed by atoms with Crippen LogP contribution in [0.4, 0.5) is 0 Å². The lowest BCUT2D eigenvalue weighted by atomic mass is 10.2. The summed E-state index contributed by atoms with van der Waals surface area (Å²) in [4.78, 5) is 0. The van der Waals surface area contributed by atoms with Gasteiger partial charge in [0.15, 0.2) is 0 Å². The third-order valence-electron chi connectivity index (χ3n) is 2.64. The number of aromatic nitrogens is 1. The van der Waals surface area contributed by atoms with Crippen LogP contribution in [0.1, 0.15) is 25.6 Å². The number of phenols is 1. The van der Waals surface area contributed by atoms with Gasteiger partial charge in [-0.05, 0) is 26.0 Å². The minimum Gasteiger partial charge on any atom is -0.506 e. The lowest BCUT2D eigenvalue weighted by molar-refractivity contribution is 0.473. The maximum absolute atomic E-state index is 9.85. The maximum atomic E-state index is 9.85. The van der Waals surface area contributed by atoms with Crippen molar-refractivity contribution in [3.63, 3.8) is 0 Å². The van der Waals surface area contributed by atoms with E-state index in [2.05, 4.69) is 18.4 Å². The van der Waals surface area contributed by atoms with E-state index in [0.717, 1.165) is 16.6 Å². The van der Waals surface area contributed by atoms with Gasteiger partial charge in [-0.15, -0.1) is 0 Å². The molecule has 0 unspecified atom stereocenters. The number of fused-ring (bicyclic) bond motifs is 1. The minimum absolute atomic E-state index is 0.300. The maximum Gasteiger partial charge on any atom is 0.139 e. The quantitative estimate of drug-likeness (QED) is 0.789. The standard InChI is InChI=1S/C12H16N2O/c1-8(2)14-10(7-13)6-9-4-3-5-11(15)12(9)14/h3-6,8,15H,7,13H2,1-2H3. The Morgan fingerprint density at radius 2 is 2.13 bits per heavy atom. The van der Waals surface area contributed by atoms with Gasteiger partial charge in [0, 0.05) is 23.7 Å². The molecule has 15 heavy (non-hydrogen) atoms. The van der Waals surface area contributed by atoms with Crippen molar-refractivity contribution in [2.45, 2.75) is 26.4 Å². The van der Waals surface area contributed by atoms with Crippen LogP contribution >= 0.6 is 0 Å². The molecule has 0 aliphatic carbocycles. The monoisotopic (exact) mass is 204 g/mol. The Morgan fingerprint density at radius 1 is 1.40 bits per heavy atom. The molecule has 0 amide bonds. The Labute approximate surface area is 89.1 Å². The SMILES string of the molecule is CC(C)n1c(CN)cc2cccc(O)c21. The fourth-order valence-corrected chi connectivity index (χ4v) is 2.07. The first-order chi connectivity index (χ1) is 7.15. The number of aromatic hydroxyl groups is 1. The third-order valence-corrected chi connectivity index (χ3v) is 2.64. The zero-order valence-electron chi connectivity index (χ0n) is 9.07. The highest BCUT2D eigenvalue weighted by Crippen LogP contribution is 2.30. The average Bonchev–Trinajstić information content (AvgIpc) is 2.57. The number of hydrogen-bond donors (Lipinski definition) is 2. The van der Waals surface area contributed by atoms with Crippen LogP contribution in [-0.2, 0) is 6.54 Å². The van der Waals surface area contributed by atoms with Crippen LogP contribution in [0, 0.1) is 0 Å². The van der Waals surface area contributed by atoms with Crippen LogP contribution < -0.4 is 5.73 Å². The summed E-state index contributed by atoms with van der Waals surface area (Å²) in [5.41, 5.74) is 7.64. The molecule has 0 fully saturated rings. The molecule has 2 rings (SSSR count). The molecular formula is C12H16N2O. The Kier molecular flexibility index (Phi) is 2.40. The van der Waals surface area contributed by atoms with Crippen molar-refractivity contribution in [3.8, 4) is 5.75 Å². The Balaban J connectivity index is 2.82. The summed E-state index contributed by atoms with van der Waals surface area (Å²) in [7, 11) is 0. The zero-order chi connectivity index (χ0) is 11.0. The molecule has 1 aromatic heterocycles. The number of hydrogen-bond acceptors (Lipinski definition) is 2. The summed E-state index contributed by atoms with van der Waals surface area (Å²) in [6, 6.07) is 7.89. The van der Waals surface area contributed by atoms with Crippen molar-refractivity contribution in [1.82, 2.24) is 4.57 Å². The Bertz CT molecular complexity index is 486. The fourth-order valence-electron chi connectivity index (χ4n) is 2.07. The molecule has 0 aliphatic rings. The Hall–Kier alpha value is -1.48. The highest BCUT2D eigenvalue weighted by molar-refractivity contribution is 5.86. The lowest BCUT2D eigenvalue weighted by Crippen LogP contribution is -2.09. The molecule has 0 atom stereocenters. The van der Waals surface area contributed by atoms with Gasteiger partial charge < -0.3 is 15.4 Å². The molecule has 0 spiro atoms. The second-order valence-electron chi connectivity index (χ2n) is 4.02. The third kappa shape index (κ3) is 1.49. The van der Waals surface area contributed by atoms with Gasteiger partial charge in [0.1, 0.15) is 5.75 Å². The first-order valence-electron chi connectivity index (χ1n) is 5.17. The highest BCUT2D eigenvalue weighted by Gasteiger charge is 2.12. The van der Waals surface area contributed by atoms with Gasteiger partial charge in [0.25, 0.3) is 0 Å². The summed E-state index contributed by atoms with van der Waals surface area (Å²) in [6.07, 6.45) is 0. The van der Waals surface area contributed by atoms with E-state index in [0.29, 0.717) is 18.3 Å². The summed E-state index contributed by atoms with van der Waals surface area (Å²) in [5.74, 6) is 0.320. The molecule has 1 heterocycles. The summed E-state index contributed by atoms with van der Waals surface area (Å²) in [5, 5.41) is 10.9. The Morgan fingerprint density at radius 3 is 2.73 bits per heavy atom. The van der Waals surface area contributed by atoms with E-state index in [-0.39, 0.29) is 0 Å². The molecule has 3 N–H and O–H groups in total. The molecule has 2 aromatic rings. The fraction of sp³-hybridized carbons (Fsp3) is 0.333. The number of benzene rings is 1. The summed E-state index contributed by atoms with van der Waals surface area (Å²) >= 11 is 0. The van der Waals surface area contributed by atoms with Gasteiger partial charge in [0.2, 0.25) is 0 Å². The molecule has 0 saturated heterocycles. The number of nitrogens with two attached hydrogens (primary N) is 1. The van der Waals surface area contributed by atoms with Crippen LogP contribution in [0.15, 0.2) is 24.3 Å². The molecule has 0 aliphatic heterocycles. The lowest BCUT2D eigenvalue weighted by Gasteiger charge is -2.14. The van der Waals surface area contributed by atoms with Crippen molar-refractivity contribution in [1.29, 1.82) is 0 Å². The number of rotatable bonds is 2. The average molecular weight is 204 g/mol. The zero-order valence-corrected chi connectivity index (χ0v) is 9.07. The van der Waals surface area contributed by atoms with Crippen molar-refractivity contribution >= 4 is 10.9 Å². The molecule has 0 radical (unpaired) electrons. The molecule has 3 nitrogen and oxygen atoms in total. The molecule has 3 heteroatoms. The number of nitrogens with zero attached hydrogens (tertiary/aromatic N) is 1. The van der Waals surface area contributed by atoms with Gasteiger partial charge in [-0.3, -0.25) is 0 Å². The summed E-state index contributed by atoms with van der Waals surface area (Å²) < 4.78 is 2.09. The van der Waals surface area contributed by atoms with Gasteiger partial charge in [-0.25, -0.2) is 0 Å². The van der Waals surface area contributed by atoms with E-state index >= 15 is 0 Å². The predicted octanol–water partition coefficient (Wildman–Crippen LogP) is 2.39. The number of para-hydroxylation sites is 1. The normalized spacial score (nSPS) is 11.5. The summed E-state index contributed by atoms with van der Waals surface area (Å²) in [6.45, 7) is 4.67. The van der Waals surface area contributed by atoms with Crippen LogP contribution in [0.3, 0.4) is 0 Å². The van der Waals surface area contributed by atoms with Crippen molar-refractivity contribution in [3.05, 3.63) is 30.0 Å². The van der Waals surface area contributed by atoms with Crippen molar-refractivity contribution in [2.75, 3.05) is 0 Å². The van der Waals surface area contributed by atoms with E-state index in [4.69, 9.17) is 5.73 Å². The molecule has 0 saturated carbocycles. The van der Waals surface area contributed by atoms with Crippen molar-refractivity contribution in [2.24, 2.45) is 5.73 Å². The first kappa shape index (κ1) is 10.1. The smallest absolute Gasteiger partial charge is 0.139 e. The van der Waals surface area contributed by atoms with Gasteiger partial charge in [0.05, 0.1) is 5.52 Å². The van der Waals surface area contributed by atoms with E-state index in [1.54, 1.807) is 6.07 Å². The largest absolute Gasteiger partial charge is 0.506 e. The van der Waals surface area contributed by atoms with Crippen molar-refractivity contribution < 1.29 is 5.11 Å². The van der Waals surface area contributed by atoms with Crippen LogP contribution in [0.2, 0.25) is 0 Å². The van der Waals surface area contributed by atoms with E-state index < -0.39 is 0 Å². The van der Waals surface area contributed by atoms with E-state index in [1.807, 2.05) is 18.2 Å². The second kappa shape index (κ2) is 3.59. The minimum atomic E-state index is 0.300. The first-order valence-corrected chi connectivity index (χ1v) is 5.17. The van der Waals surface area contributed by atoms with Crippen LogP contribution in [0.5, 0.6) is 5.75 Å². The van der Waals surface area contributed by atoms with Crippen LogP contribution in [0.25, 0.3) is 10.9 Å². The molecule has 80 valence electrons. The second-order valence-corrected chi connectivity index (χ2v) is 4.02. The van der Waals surface area contributed by atoms with Gasteiger partial charge >= 0.3 is 0 Å². The van der Waals surface area contributed by atoms with Crippen LogP contribution in [-0.4, -0.2) is 9.67 Å². The molecule has 0 bridgehead atoms. The molecular weight excluding hydrogens is 188 g/mol. The predicted molar refractivity (Wildman–Crippen MR) is 61.9 cm³/mol. The highest BCUT2D eigenvalue weighted by atomic mass is 16.3. The topological polar surface area (TPSA) is 51.2 Å². The van der Waals surface area contributed by atoms with Gasteiger partial charge in [-0.1, -0.05) is 12.1 Å².